The highest BCUT2D eigenvalue weighted by atomic mass is 15.1. The summed E-state index contributed by atoms with van der Waals surface area (Å²) in [4.78, 5) is 2.58. The average molecular weight is 900 g/mol. The maximum atomic E-state index is 2.58. The number of rotatable bonds is 6. The molecule has 330 valence electrons. The molecule has 0 bridgehead atoms. The first-order valence-corrected chi connectivity index (χ1v) is 24.8. The summed E-state index contributed by atoms with van der Waals surface area (Å²) >= 11 is 0. The zero-order valence-corrected chi connectivity index (χ0v) is 38.9. The third-order valence-electron chi connectivity index (χ3n) is 16.1. The summed E-state index contributed by atoms with van der Waals surface area (Å²) in [6, 6.07) is 103. The minimum absolute atomic E-state index is 0.624. The van der Waals surface area contributed by atoms with Crippen molar-refractivity contribution < 1.29 is 0 Å². The summed E-state index contributed by atoms with van der Waals surface area (Å²) < 4.78 is 0. The highest BCUT2D eigenvalue weighted by Crippen LogP contribution is 2.65. The van der Waals surface area contributed by atoms with Crippen molar-refractivity contribution in [2.45, 2.75) is 10.8 Å². The van der Waals surface area contributed by atoms with Crippen molar-refractivity contribution in [2.24, 2.45) is 0 Å². The maximum Gasteiger partial charge on any atom is 0.0734 e. The Balaban J connectivity index is 1.08. The van der Waals surface area contributed by atoms with Crippen molar-refractivity contribution in [1.29, 1.82) is 0 Å². The van der Waals surface area contributed by atoms with Crippen LogP contribution >= 0.6 is 0 Å². The number of anilines is 3. The van der Waals surface area contributed by atoms with E-state index in [1.54, 1.807) is 0 Å². The molecule has 71 heavy (non-hydrogen) atoms. The smallest absolute Gasteiger partial charge is 0.0734 e. The second kappa shape index (κ2) is 15.2. The first-order chi connectivity index (χ1) is 35.2. The van der Waals surface area contributed by atoms with Gasteiger partial charge in [-0.3, -0.25) is 0 Å². The lowest BCUT2D eigenvalue weighted by molar-refractivity contribution is 0.767. The Labute approximate surface area is 414 Å². The molecule has 1 spiro atoms. The maximum absolute atomic E-state index is 2.58. The molecule has 0 heterocycles. The SMILES string of the molecule is c1ccc(-c2ccc3cccc4c3c2C2(c3ccccc3-c3ccc(N(c5ccc6ccccc6c5)c5cccc6c5C(c5ccccc5)(c5ccccc5)c5ccccc5-6)cc32)c2ccccc2-4)cc1. The van der Waals surface area contributed by atoms with E-state index in [0.717, 1.165) is 17.1 Å². The molecule has 0 saturated heterocycles. The van der Waals surface area contributed by atoms with Crippen LogP contribution in [0.4, 0.5) is 17.1 Å². The fourth-order valence-corrected chi connectivity index (χ4v) is 13.4. The molecule has 12 aromatic rings. The molecule has 0 N–H and O–H groups in total. The standard InChI is InChI=1S/C70H45N/c1-4-21-47(22-5-1)54-42-39-48-24-18-32-59-56-30-13-17-36-63(56)70(68(54)66(48)59)62-35-16-12-29-55(62)58-43-41-53(45-64(58)70)71(52-40-38-46-20-10-11-23-49(46)44-52)65-37-19-33-60-57-31-14-15-34-61(57)69(67(60)65,50-25-6-2-7-26-50)51-27-8-3-9-28-51/h1-45H. The van der Waals surface area contributed by atoms with E-state index in [9.17, 15) is 0 Å². The third kappa shape index (κ3) is 5.41. The van der Waals surface area contributed by atoms with Crippen LogP contribution < -0.4 is 4.90 Å². The van der Waals surface area contributed by atoms with Gasteiger partial charge in [0.25, 0.3) is 0 Å². The second-order valence-corrected chi connectivity index (χ2v) is 19.4. The van der Waals surface area contributed by atoms with Crippen molar-refractivity contribution in [3.05, 3.63) is 317 Å². The predicted octanol–water partition coefficient (Wildman–Crippen LogP) is 17.8. The van der Waals surface area contributed by atoms with Gasteiger partial charge in [0.05, 0.1) is 16.5 Å². The molecule has 0 amide bonds. The van der Waals surface area contributed by atoms with Crippen molar-refractivity contribution >= 4 is 38.6 Å². The second-order valence-electron chi connectivity index (χ2n) is 19.4. The fraction of sp³-hybridized carbons (Fsp3) is 0.0286. The number of hydrogen-bond donors (Lipinski definition) is 0. The first-order valence-electron chi connectivity index (χ1n) is 24.8. The lowest BCUT2D eigenvalue weighted by Crippen LogP contribution is -2.33. The molecule has 0 fully saturated rings. The van der Waals surface area contributed by atoms with E-state index in [-0.39, 0.29) is 0 Å². The molecular weight excluding hydrogens is 855 g/mol. The van der Waals surface area contributed by atoms with Gasteiger partial charge in [-0.2, -0.15) is 0 Å². The number of benzene rings is 12. The van der Waals surface area contributed by atoms with Crippen LogP contribution in [0.5, 0.6) is 0 Å². The quantitative estimate of drug-likeness (QED) is 0.161. The van der Waals surface area contributed by atoms with E-state index in [0.29, 0.717) is 0 Å². The Bertz CT molecular complexity index is 4070. The summed E-state index contributed by atoms with van der Waals surface area (Å²) in [6.07, 6.45) is 0. The van der Waals surface area contributed by atoms with Crippen molar-refractivity contribution in [3.63, 3.8) is 0 Å². The molecule has 1 unspecified atom stereocenters. The van der Waals surface area contributed by atoms with Crippen LogP contribution in [0.3, 0.4) is 0 Å². The van der Waals surface area contributed by atoms with E-state index < -0.39 is 10.8 Å². The highest BCUT2D eigenvalue weighted by Gasteiger charge is 2.52. The van der Waals surface area contributed by atoms with Gasteiger partial charge in [0.1, 0.15) is 0 Å². The minimum Gasteiger partial charge on any atom is -0.310 e. The largest absolute Gasteiger partial charge is 0.310 e. The van der Waals surface area contributed by atoms with Gasteiger partial charge in [-0.15, -0.1) is 0 Å². The molecule has 3 aliphatic carbocycles. The predicted molar refractivity (Wildman–Crippen MR) is 295 cm³/mol. The van der Waals surface area contributed by atoms with Gasteiger partial charge in [-0.1, -0.05) is 243 Å². The summed E-state index contributed by atoms with van der Waals surface area (Å²) in [7, 11) is 0. The molecular formula is C70H45N. The van der Waals surface area contributed by atoms with Gasteiger partial charge in [-0.25, -0.2) is 0 Å². The molecule has 0 aliphatic heterocycles. The summed E-state index contributed by atoms with van der Waals surface area (Å²) in [6.45, 7) is 0. The number of hydrogen-bond acceptors (Lipinski definition) is 1. The van der Waals surface area contributed by atoms with E-state index in [1.165, 1.54) is 111 Å². The van der Waals surface area contributed by atoms with Crippen LogP contribution in [0, 0.1) is 0 Å². The third-order valence-corrected chi connectivity index (χ3v) is 16.1. The van der Waals surface area contributed by atoms with Gasteiger partial charge in [0.15, 0.2) is 0 Å². The average Bonchev–Trinajstić information content (AvgIpc) is 3.91. The van der Waals surface area contributed by atoms with Crippen molar-refractivity contribution in [3.8, 4) is 44.5 Å². The summed E-state index contributed by atoms with van der Waals surface area (Å²) in [5.74, 6) is 0. The van der Waals surface area contributed by atoms with Crippen LogP contribution in [0.25, 0.3) is 66.1 Å². The van der Waals surface area contributed by atoms with Crippen LogP contribution in [-0.2, 0) is 10.8 Å². The van der Waals surface area contributed by atoms with Gasteiger partial charge in [0.2, 0.25) is 0 Å². The molecule has 1 atom stereocenters. The normalized spacial score (nSPS) is 15.2. The van der Waals surface area contributed by atoms with Crippen molar-refractivity contribution in [1.82, 2.24) is 0 Å². The van der Waals surface area contributed by atoms with Gasteiger partial charge in [0, 0.05) is 16.9 Å². The Kier molecular flexibility index (Phi) is 8.56. The molecule has 0 saturated carbocycles. The Morgan fingerprint density at radius 2 is 0.718 bits per heavy atom. The van der Waals surface area contributed by atoms with E-state index >= 15 is 0 Å². The zero-order chi connectivity index (χ0) is 46.7. The van der Waals surface area contributed by atoms with Gasteiger partial charge < -0.3 is 4.90 Å². The Hall–Kier alpha value is -9.04. The van der Waals surface area contributed by atoms with E-state index in [2.05, 4.69) is 278 Å². The molecule has 0 radical (unpaired) electrons. The Morgan fingerprint density at radius 3 is 1.42 bits per heavy atom. The highest BCUT2D eigenvalue weighted by molar-refractivity contribution is 6.10. The molecule has 0 aromatic heterocycles. The van der Waals surface area contributed by atoms with Crippen LogP contribution in [0.2, 0.25) is 0 Å². The molecule has 1 nitrogen and oxygen atoms in total. The molecule has 1 heteroatoms. The molecule has 15 rings (SSSR count). The van der Waals surface area contributed by atoms with Crippen LogP contribution in [0.1, 0.15) is 44.5 Å². The molecule has 3 aliphatic rings. The summed E-state index contributed by atoms with van der Waals surface area (Å²) in [5.41, 5.74) is 22.5. The summed E-state index contributed by atoms with van der Waals surface area (Å²) in [5, 5.41) is 4.99. The topological polar surface area (TPSA) is 3.24 Å². The molecule has 12 aromatic carbocycles. The number of nitrogens with zero attached hydrogens (tertiary/aromatic N) is 1. The zero-order valence-electron chi connectivity index (χ0n) is 38.9. The van der Waals surface area contributed by atoms with Gasteiger partial charge >= 0.3 is 0 Å². The monoisotopic (exact) mass is 899 g/mol. The van der Waals surface area contributed by atoms with Crippen LogP contribution in [0.15, 0.2) is 273 Å². The van der Waals surface area contributed by atoms with E-state index in [4.69, 9.17) is 0 Å². The lowest BCUT2D eigenvalue weighted by Gasteiger charge is -2.42. The van der Waals surface area contributed by atoms with E-state index in [1.807, 2.05) is 0 Å². The first kappa shape index (κ1) is 39.9. The number of fused-ring (bicyclic) bond motifs is 13. The van der Waals surface area contributed by atoms with Crippen LogP contribution in [-0.4, -0.2) is 0 Å². The lowest BCUT2D eigenvalue weighted by atomic mass is 9.60. The Morgan fingerprint density at radius 1 is 0.254 bits per heavy atom. The fourth-order valence-electron chi connectivity index (χ4n) is 13.4. The van der Waals surface area contributed by atoms with Crippen molar-refractivity contribution in [2.75, 3.05) is 4.90 Å². The minimum atomic E-state index is -0.653. The van der Waals surface area contributed by atoms with Gasteiger partial charge in [-0.05, 0) is 135 Å².